The normalized spacial score (nSPS) is 11.2. The lowest BCUT2D eigenvalue weighted by molar-refractivity contribution is -0.385. The van der Waals surface area contributed by atoms with E-state index >= 15 is 0 Å². The van der Waals surface area contributed by atoms with Gasteiger partial charge in [0.1, 0.15) is 18.9 Å². The molecule has 1 aromatic heterocycles. The molecule has 0 fully saturated rings. The van der Waals surface area contributed by atoms with E-state index in [1.54, 1.807) is 19.1 Å². The molecular weight excluding hydrogens is 318 g/mol. The number of rotatable bonds is 6. The van der Waals surface area contributed by atoms with Gasteiger partial charge >= 0.3 is 5.69 Å². The van der Waals surface area contributed by atoms with Crippen LogP contribution in [0.3, 0.4) is 0 Å². The molecule has 0 bridgehead atoms. The van der Waals surface area contributed by atoms with Crippen LogP contribution in [0.5, 0.6) is 11.5 Å². The minimum absolute atomic E-state index is 0.00152. The third-order valence-corrected chi connectivity index (χ3v) is 3.08. The quantitative estimate of drug-likeness (QED) is 0.461. The molecule has 2 rings (SSSR count). The van der Waals surface area contributed by atoms with E-state index < -0.39 is 10.8 Å². The van der Waals surface area contributed by atoms with Gasteiger partial charge in [-0.05, 0) is 25.1 Å². The zero-order valence-corrected chi connectivity index (χ0v) is 13.0. The highest BCUT2D eigenvalue weighted by Crippen LogP contribution is 2.26. The number of nitrogens with one attached hydrogen (secondary N) is 1. The van der Waals surface area contributed by atoms with Crippen LogP contribution in [-0.4, -0.2) is 38.5 Å². The van der Waals surface area contributed by atoms with E-state index in [1.807, 2.05) is 0 Å². The van der Waals surface area contributed by atoms with E-state index in [9.17, 15) is 20.0 Å². The highest BCUT2D eigenvalue weighted by atomic mass is 16.6. The third-order valence-electron chi connectivity index (χ3n) is 3.08. The van der Waals surface area contributed by atoms with E-state index in [4.69, 9.17) is 4.74 Å². The van der Waals surface area contributed by atoms with Gasteiger partial charge in [-0.1, -0.05) is 0 Å². The lowest BCUT2D eigenvalue weighted by Gasteiger charge is -2.07. The Hall–Kier alpha value is -3.43. The number of hydrazone groups is 1. The Balaban J connectivity index is 2.00. The molecule has 0 aliphatic carbocycles. The van der Waals surface area contributed by atoms with E-state index in [1.165, 1.54) is 13.2 Å². The van der Waals surface area contributed by atoms with Gasteiger partial charge in [0.15, 0.2) is 11.5 Å². The molecule has 0 radical (unpaired) electrons. The van der Waals surface area contributed by atoms with Crippen molar-refractivity contribution in [3.05, 3.63) is 46.3 Å². The number of aromatic hydroxyl groups is 1. The molecule has 126 valence electrons. The summed E-state index contributed by atoms with van der Waals surface area (Å²) in [6.45, 7) is 1.47. The molecule has 0 unspecified atom stereocenters. The second-order valence-corrected chi connectivity index (χ2v) is 4.77. The fourth-order valence-corrected chi connectivity index (χ4v) is 1.83. The maximum Gasteiger partial charge on any atom is 0.307 e. The Morgan fingerprint density at radius 2 is 2.29 bits per heavy atom. The average molecular weight is 333 g/mol. The molecule has 1 aromatic carbocycles. The Labute approximate surface area is 136 Å². The summed E-state index contributed by atoms with van der Waals surface area (Å²) in [4.78, 5) is 21.7. The molecule has 0 atom stereocenters. The number of nitro groups is 1. The fraction of sp³-hybridized carbons (Fsp3) is 0.214. The first-order valence-electron chi connectivity index (χ1n) is 6.78. The summed E-state index contributed by atoms with van der Waals surface area (Å²) in [5, 5.41) is 27.8. The van der Waals surface area contributed by atoms with Gasteiger partial charge in [0.2, 0.25) is 0 Å². The van der Waals surface area contributed by atoms with Crippen molar-refractivity contribution in [2.45, 2.75) is 13.5 Å². The highest BCUT2D eigenvalue weighted by molar-refractivity contribution is 5.99. The molecule has 1 heterocycles. The minimum atomic E-state index is -0.595. The molecule has 0 saturated heterocycles. The number of carbonyl (C=O) groups is 1. The first kappa shape index (κ1) is 16.9. The summed E-state index contributed by atoms with van der Waals surface area (Å²) in [5.74, 6) is -0.200. The van der Waals surface area contributed by atoms with Crippen LogP contribution in [0, 0.1) is 10.1 Å². The lowest BCUT2D eigenvalue weighted by Crippen LogP contribution is -2.24. The number of amides is 1. The van der Waals surface area contributed by atoms with Crippen molar-refractivity contribution >= 4 is 17.3 Å². The first-order valence-corrected chi connectivity index (χ1v) is 6.78. The summed E-state index contributed by atoms with van der Waals surface area (Å²) < 4.78 is 6.14. The molecule has 24 heavy (non-hydrogen) atoms. The van der Waals surface area contributed by atoms with Gasteiger partial charge in [-0.25, -0.2) is 5.43 Å². The first-order chi connectivity index (χ1) is 11.4. The van der Waals surface area contributed by atoms with Crippen LogP contribution in [0.2, 0.25) is 0 Å². The Morgan fingerprint density at radius 3 is 2.92 bits per heavy atom. The molecule has 0 aliphatic rings. The topological polar surface area (TPSA) is 132 Å². The Morgan fingerprint density at radius 1 is 1.54 bits per heavy atom. The van der Waals surface area contributed by atoms with E-state index in [0.29, 0.717) is 11.3 Å². The standard InChI is InChI=1S/C14H15N5O5/c1-9(10-3-4-12(20)13(5-10)24-2)16-17-14(21)8-18-7-11(6-15-18)19(22)23/h3-7,20H,8H2,1-2H3,(H,17,21)/b16-9+. The predicted molar refractivity (Wildman–Crippen MR) is 83.9 cm³/mol. The number of carbonyl (C=O) groups excluding carboxylic acids is 1. The van der Waals surface area contributed by atoms with Crippen molar-refractivity contribution in [3.8, 4) is 11.5 Å². The molecule has 2 aromatic rings. The SMILES string of the molecule is COc1cc(/C(C)=N/NC(=O)Cn2cc([N+](=O)[O-])cn2)ccc1O. The number of phenolic OH excluding ortho intramolecular Hbond substituents is 1. The van der Waals surface area contributed by atoms with E-state index in [0.717, 1.165) is 17.1 Å². The molecule has 10 heteroatoms. The van der Waals surface area contributed by atoms with Gasteiger partial charge in [-0.3, -0.25) is 19.6 Å². The maximum atomic E-state index is 11.8. The maximum absolute atomic E-state index is 11.8. The van der Waals surface area contributed by atoms with Gasteiger partial charge < -0.3 is 9.84 Å². The smallest absolute Gasteiger partial charge is 0.307 e. The zero-order chi connectivity index (χ0) is 17.7. The summed E-state index contributed by atoms with van der Waals surface area (Å²) >= 11 is 0. The third kappa shape index (κ3) is 4.06. The number of methoxy groups -OCH3 is 1. The van der Waals surface area contributed by atoms with Gasteiger partial charge in [-0.15, -0.1) is 0 Å². The monoisotopic (exact) mass is 333 g/mol. The van der Waals surface area contributed by atoms with E-state index in [-0.39, 0.29) is 23.7 Å². The van der Waals surface area contributed by atoms with Crippen molar-refractivity contribution < 1.29 is 19.6 Å². The summed E-state index contributed by atoms with van der Waals surface area (Å²) in [7, 11) is 1.43. The van der Waals surface area contributed by atoms with Crippen LogP contribution in [0.25, 0.3) is 0 Å². The molecule has 0 spiro atoms. The van der Waals surface area contributed by atoms with E-state index in [2.05, 4.69) is 15.6 Å². The summed E-state index contributed by atoms with van der Waals surface area (Å²) in [6, 6.07) is 4.66. The van der Waals surface area contributed by atoms with Crippen LogP contribution >= 0.6 is 0 Å². The van der Waals surface area contributed by atoms with Crippen LogP contribution in [0.1, 0.15) is 12.5 Å². The fourth-order valence-electron chi connectivity index (χ4n) is 1.83. The number of phenols is 1. The van der Waals surface area contributed by atoms with Crippen molar-refractivity contribution in [3.63, 3.8) is 0 Å². The van der Waals surface area contributed by atoms with Gasteiger partial charge in [0.25, 0.3) is 5.91 Å². The molecule has 0 saturated carbocycles. The second kappa shape index (κ2) is 7.22. The van der Waals surface area contributed by atoms with Gasteiger partial charge in [0, 0.05) is 5.56 Å². The minimum Gasteiger partial charge on any atom is -0.504 e. The van der Waals surface area contributed by atoms with Crippen molar-refractivity contribution in [1.82, 2.24) is 15.2 Å². The molecule has 0 aliphatic heterocycles. The highest BCUT2D eigenvalue weighted by Gasteiger charge is 2.11. The van der Waals surface area contributed by atoms with Crippen LogP contribution < -0.4 is 10.2 Å². The molecular formula is C14H15N5O5. The predicted octanol–water partition coefficient (Wildman–Crippen LogP) is 1.05. The molecule has 1 amide bonds. The molecule has 10 nitrogen and oxygen atoms in total. The summed E-state index contributed by atoms with van der Waals surface area (Å²) in [5.41, 5.74) is 3.29. The van der Waals surface area contributed by atoms with Crippen LogP contribution in [0.15, 0.2) is 35.7 Å². The Kier molecular flexibility index (Phi) is 5.09. The summed E-state index contributed by atoms with van der Waals surface area (Å²) in [6.07, 6.45) is 2.21. The lowest BCUT2D eigenvalue weighted by atomic mass is 10.1. The zero-order valence-electron chi connectivity index (χ0n) is 13.0. The second-order valence-electron chi connectivity index (χ2n) is 4.77. The number of ether oxygens (including phenoxy) is 1. The molecule has 2 N–H and O–H groups in total. The number of nitrogens with zero attached hydrogens (tertiary/aromatic N) is 4. The number of hydrogen-bond acceptors (Lipinski definition) is 7. The van der Waals surface area contributed by atoms with Crippen molar-refractivity contribution in [1.29, 1.82) is 0 Å². The number of aromatic nitrogens is 2. The number of benzene rings is 1. The number of hydrogen-bond donors (Lipinski definition) is 2. The van der Waals surface area contributed by atoms with Gasteiger partial charge in [0.05, 0.1) is 17.7 Å². The van der Waals surface area contributed by atoms with Crippen molar-refractivity contribution in [2.75, 3.05) is 7.11 Å². The average Bonchev–Trinajstić information content (AvgIpc) is 3.01. The van der Waals surface area contributed by atoms with Gasteiger partial charge in [-0.2, -0.15) is 10.2 Å². The largest absolute Gasteiger partial charge is 0.504 e. The Bertz CT molecular complexity index is 799. The van der Waals surface area contributed by atoms with Crippen LogP contribution in [0.4, 0.5) is 5.69 Å². The van der Waals surface area contributed by atoms with Crippen molar-refractivity contribution in [2.24, 2.45) is 5.10 Å². The van der Waals surface area contributed by atoms with Crippen LogP contribution in [-0.2, 0) is 11.3 Å².